The van der Waals surface area contributed by atoms with Crippen LogP contribution in [-0.4, -0.2) is 24.9 Å². The maximum absolute atomic E-state index is 12.2. The van der Waals surface area contributed by atoms with Gasteiger partial charge in [-0.1, -0.05) is 12.1 Å². The number of halogens is 2. The van der Waals surface area contributed by atoms with Crippen LogP contribution in [0.15, 0.2) is 18.2 Å². The zero-order valence-electron chi connectivity index (χ0n) is 10.5. The van der Waals surface area contributed by atoms with Gasteiger partial charge in [0.2, 0.25) is 0 Å². The van der Waals surface area contributed by atoms with E-state index in [9.17, 15) is 8.78 Å². The molecule has 0 unspecified atom stereocenters. The van der Waals surface area contributed by atoms with Gasteiger partial charge in [-0.2, -0.15) is 8.78 Å². The predicted molar refractivity (Wildman–Crippen MR) is 67.2 cm³/mol. The molecule has 1 aromatic rings. The number of anilines is 1. The van der Waals surface area contributed by atoms with Gasteiger partial charge in [0.1, 0.15) is 5.75 Å². The second-order valence-electron chi connectivity index (χ2n) is 4.04. The molecule has 5 heteroatoms. The Bertz CT molecular complexity index is 359. The van der Waals surface area contributed by atoms with E-state index in [1.165, 1.54) is 6.07 Å². The number of rotatable bonds is 8. The molecule has 1 aromatic carbocycles. The highest BCUT2D eigenvalue weighted by Crippen LogP contribution is 2.29. The number of aliphatic hydroxyl groups excluding tert-OH is 1. The fourth-order valence-electron chi connectivity index (χ4n) is 1.69. The SMILES string of the molecule is Cc1cccc(OC(F)F)c1NCCCCCO. The highest BCUT2D eigenvalue weighted by molar-refractivity contribution is 5.61. The second-order valence-corrected chi connectivity index (χ2v) is 4.04. The summed E-state index contributed by atoms with van der Waals surface area (Å²) in [5, 5.41) is 11.8. The Hall–Kier alpha value is -1.36. The summed E-state index contributed by atoms with van der Waals surface area (Å²) in [5.41, 5.74) is 1.48. The molecular weight excluding hydrogens is 240 g/mol. The van der Waals surface area contributed by atoms with Gasteiger partial charge in [-0.15, -0.1) is 0 Å². The van der Waals surface area contributed by atoms with Crippen LogP contribution in [-0.2, 0) is 0 Å². The van der Waals surface area contributed by atoms with Crippen LogP contribution < -0.4 is 10.1 Å². The van der Waals surface area contributed by atoms with Gasteiger partial charge in [-0.3, -0.25) is 0 Å². The number of ether oxygens (including phenoxy) is 1. The summed E-state index contributed by atoms with van der Waals surface area (Å²) in [6, 6.07) is 5.05. The Morgan fingerprint density at radius 1 is 1.28 bits per heavy atom. The lowest BCUT2D eigenvalue weighted by Gasteiger charge is -2.15. The normalized spacial score (nSPS) is 10.7. The van der Waals surface area contributed by atoms with Crippen molar-refractivity contribution in [2.75, 3.05) is 18.5 Å². The first-order chi connectivity index (χ1) is 8.65. The lowest BCUT2D eigenvalue weighted by atomic mass is 10.1. The van der Waals surface area contributed by atoms with E-state index in [-0.39, 0.29) is 12.4 Å². The number of alkyl halides is 2. The van der Waals surface area contributed by atoms with E-state index in [1.807, 2.05) is 13.0 Å². The molecule has 0 aliphatic carbocycles. The molecule has 0 radical (unpaired) electrons. The first-order valence-electron chi connectivity index (χ1n) is 6.04. The molecule has 1 rings (SSSR count). The second kappa shape index (κ2) is 7.87. The van der Waals surface area contributed by atoms with Crippen LogP contribution in [0.25, 0.3) is 0 Å². The number of para-hydroxylation sites is 1. The molecule has 18 heavy (non-hydrogen) atoms. The lowest BCUT2D eigenvalue weighted by Crippen LogP contribution is -2.08. The van der Waals surface area contributed by atoms with E-state index >= 15 is 0 Å². The van der Waals surface area contributed by atoms with Crippen molar-refractivity contribution in [3.63, 3.8) is 0 Å². The summed E-state index contributed by atoms with van der Waals surface area (Å²) >= 11 is 0. The Labute approximate surface area is 106 Å². The quantitative estimate of drug-likeness (QED) is 0.705. The van der Waals surface area contributed by atoms with Crippen molar-refractivity contribution < 1.29 is 18.6 Å². The molecule has 3 nitrogen and oxygen atoms in total. The third-order valence-electron chi connectivity index (χ3n) is 2.59. The minimum Gasteiger partial charge on any atom is -0.433 e. The molecule has 0 aromatic heterocycles. The zero-order chi connectivity index (χ0) is 13.4. The Balaban J connectivity index is 2.56. The summed E-state index contributed by atoms with van der Waals surface area (Å²) in [7, 11) is 0. The molecule has 0 saturated carbocycles. The smallest absolute Gasteiger partial charge is 0.387 e. The van der Waals surface area contributed by atoms with Crippen molar-refractivity contribution >= 4 is 5.69 Å². The van der Waals surface area contributed by atoms with E-state index < -0.39 is 6.61 Å². The van der Waals surface area contributed by atoms with Crippen molar-refractivity contribution in [1.29, 1.82) is 0 Å². The Morgan fingerprint density at radius 2 is 2.06 bits per heavy atom. The van der Waals surface area contributed by atoms with Crippen LogP contribution in [0.3, 0.4) is 0 Å². The van der Waals surface area contributed by atoms with Crippen molar-refractivity contribution in [3.05, 3.63) is 23.8 Å². The van der Waals surface area contributed by atoms with Crippen LogP contribution >= 0.6 is 0 Å². The summed E-state index contributed by atoms with van der Waals surface area (Å²) < 4.78 is 29.0. The van der Waals surface area contributed by atoms with Crippen LogP contribution in [0.2, 0.25) is 0 Å². The van der Waals surface area contributed by atoms with E-state index in [2.05, 4.69) is 10.1 Å². The van der Waals surface area contributed by atoms with Crippen LogP contribution in [0.1, 0.15) is 24.8 Å². The minimum atomic E-state index is -2.82. The molecule has 0 atom stereocenters. The first-order valence-corrected chi connectivity index (χ1v) is 6.04. The average Bonchev–Trinajstić information content (AvgIpc) is 2.31. The third-order valence-corrected chi connectivity index (χ3v) is 2.59. The van der Waals surface area contributed by atoms with Gasteiger partial charge in [0.15, 0.2) is 0 Å². The number of aliphatic hydroxyl groups is 1. The molecule has 2 N–H and O–H groups in total. The molecule has 0 fully saturated rings. The van der Waals surface area contributed by atoms with Gasteiger partial charge in [0.25, 0.3) is 0 Å². The molecule has 0 aliphatic heterocycles. The molecule has 0 saturated heterocycles. The maximum atomic E-state index is 12.2. The van der Waals surface area contributed by atoms with Crippen LogP contribution in [0.4, 0.5) is 14.5 Å². The molecule has 0 bridgehead atoms. The van der Waals surface area contributed by atoms with Crippen LogP contribution in [0, 0.1) is 6.92 Å². The van der Waals surface area contributed by atoms with Gasteiger partial charge in [-0.05, 0) is 37.8 Å². The number of hydrogen-bond donors (Lipinski definition) is 2. The van der Waals surface area contributed by atoms with E-state index in [4.69, 9.17) is 5.11 Å². The molecule has 0 spiro atoms. The Kier molecular flexibility index (Phi) is 6.43. The van der Waals surface area contributed by atoms with E-state index in [1.54, 1.807) is 6.07 Å². The fourth-order valence-corrected chi connectivity index (χ4v) is 1.69. The Morgan fingerprint density at radius 3 is 2.72 bits per heavy atom. The summed E-state index contributed by atoms with van der Waals surface area (Å²) in [4.78, 5) is 0. The molecule has 0 aliphatic rings. The summed E-state index contributed by atoms with van der Waals surface area (Å²) in [6.07, 6.45) is 2.54. The summed E-state index contributed by atoms with van der Waals surface area (Å²) in [6.45, 7) is -0.120. The van der Waals surface area contributed by atoms with E-state index in [0.29, 0.717) is 12.2 Å². The summed E-state index contributed by atoms with van der Waals surface area (Å²) in [5.74, 6) is 0.173. The largest absolute Gasteiger partial charge is 0.433 e. The maximum Gasteiger partial charge on any atom is 0.387 e. The van der Waals surface area contributed by atoms with Crippen molar-refractivity contribution in [2.45, 2.75) is 32.8 Å². The van der Waals surface area contributed by atoms with Gasteiger partial charge < -0.3 is 15.2 Å². The van der Waals surface area contributed by atoms with Gasteiger partial charge in [0, 0.05) is 13.2 Å². The zero-order valence-corrected chi connectivity index (χ0v) is 10.5. The molecular formula is C13H19F2NO2. The average molecular weight is 259 g/mol. The first kappa shape index (κ1) is 14.7. The number of aryl methyl sites for hydroxylation is 1. The predicted octanol–water partition coefficient (Wildman–Crippen LogP) is 3.17. The topological polar surface area (TPSA) is 41.5 Å². The fraction of sp³-hybridized carbons (Fsp3) is 0.538. The van der Waals surface area contributed by atoms with Crippen molar-refractivity contribution in [3.8, 4) is 5.75 Å². The number of unbranched alkanes of at least 4 members (excludes halogenated alkanes) is 2. The van der Waals surface area contributed by atoms with Crippen molar-refractivity contribution in [1.82, 2.24) is 0 Å². The molecule has 102 valence electrons. The number of hydrogen-bond acceptors (Lipinski definition) is 3. The highest BCUT2D eigenvalue weighted by atomic mass is 19.3. The van der Waals surface area contributed by atoms with Gasteiger partial charge in [-0.25, -0.2) is 0 Å². The third kappa shape index (κ3) is 4.87. The monoisotopic (exact) mass is 259 g/mol. The lowest BCUT2D eigenvalue weighted by molar-refractivity contribution is -0.0493. The van der Waals surface area contributed by atoms with Gasteiger partial charge in [0.05, 0.1) is 5.69 Å². The molecule has 0 amide bonds. The van der Waals surface area contributed by atoms with Crippen molar-refractivity contribution in [2.24, 2.45) is 0 Å². The highest BCUT2D eigenvalue weighted by Gasteiger charge is 2.10. The van der Waals surface area contributed by atoms with Crippen LogP contribution in [0.5, 0.6) is 5.75 Å². The van der Waals surface area contributed by atoms with E-state index in [0.717, 1.165) is 24.8 Å². The number of nitrogens with one attached hydrogen (secondary N) is 1. The standard InChI is InChI=1S/C13H19F2NO2/c1-10-6-5-7-11(18-13(14)15)12(10)16-8-3-2-4-9-17/h5-7,13,16-17H,2-4,8-9H2,1H3. The van der Waals surface area contributed by atoms with Gasteiger partial charge >= 0.3 is 6.61 Å². The number of benzene rings is 1. The molecule has 0 heterocycles. The minimum absolute atomic E-state index is 0.173.